The third kappa shape index (κ3) is 2.40. The average Bonchev–Trinajstić information content (AvgIpc) is 2.79. The summed E-state index contributed by atoms with van der Waals surface area (Å²) in [6.07, 6.45) is 6.20. The molecule has 114 valence electrons. The fourth-order valence-electron chi connectivity index (χ4n) is 5.16. The largest absolute Gasteiger partial charge is 0.459 e. The van der Waals surface area contributed by atoms with Gasteiger partial charge in [0.25, 0.3) is 0 Å². The van der Waals surface area contributed by atoms with Crippen LogP contribution < -0.4 is 0 Å². The van der Waals surface area contributed by atoms with Gasteiger partial charge in [-0.1, -0.05) is 0 Å². The second-order valence-electron chi connectivity index (χ2n) is 7.33. The number of aryl methyl sites for hydroxylation is 1. The summed E-state index contributed by atoms with van der Waals surface area (Å²) in [6, 6.07) is 0. The lowest BCUT2D eigenvalue weighted by molar-refractivity contribution is -0.171. The molecule has 1 heterocycles. The summed E-state index contributed by atoms with van der Waals surface area (Å²) >= 11 is 8.36. The Hall–Kier alpha value is -0.610. The third-order valence-electron chi connectivity index (χ3n) is 5.44. The Morgan fingerprint density at radius 3 is 2.71 bits per heavy atom. The molecule has 4 aliphatic rings. The highest BCUT2D eigenvalue weighted by Gasteiger charge is 2.60. The molecule has 1 aromatic heterocycles. The lowest BCUT2D eigenvalue weighted by Gasteiger charge is -2.58. The molecule has 4 bridgehead atoms. The molecule has 1 aromatic rings. The van der Waals surface area contributed by atoms with Crippen LogP contribution in [0.4, 0.5) is 0 Å². The predicted molar refractivity (Wildman–Crippen MR) is 82.3 cm³/mol. The monoisotopic (exact) mass is 325 g/mol. The maximum Gasteiger partial charge on any atom is 0.312 e. The summed E-state index contributed by atoms with van der Waals surface area (Å²) in [6.45, 7) is 2.27. The van der Waals surface area contributed by atoms with E-state index in [1.165, 1.54) is 6.42 Å². The lowest BCUT2D eigenvalue weighted by Crippen LogP contribution is -2.56. The second kappa shape index (κ2) is 4.69. The molecule has 21 heavy (non-hydrogen) atoms. The van der Waals surface area contributed by atoms with Gasteiger partial charge in [-0.05, 0) is 57.3 Å². The van der Waals surface area contributed by atoms with Crippen molar-refractivity contribution in [2.24, 2.45) is 17.3 Å². The standard InChI is InChI=1S/C16H20ClNO2S/c1-10-18-13(8-21-10)7-20-14(19)15-3-11-2-12(4-15)6-16(17,5-11)9-15/h8,11-12H,2-7,9H2,1H3/t11-,12+,15?,16?. The maximum absolute atomic E-state index is 12.7. The van der Waals surface area contributed by atoms with Crippen LogP contribution in [-0.4, -0.2) is 15.8 Å². The fourth-order valence-corrected chi connectivity index (χ4v) is 6.45. The highest BCUT2D eigenvalue weighted by atomic mass is 35.5. The van der Waals surface area contributed by atoms with Gasteiger partial charge in [-0.15, -0.1) is 22.9 Å². The minimum absolute atomic E-state index is 0.0349. The van der Waals surface area contributed by atoms with Crippen LogP contribution in [0.3, 0.4) is 0 Å². The number of esters is 1. The molecule has 0 amide bonds. The number of hydrogen-bond acceptors (Lipinski definition) is 4. The Balaban J connectivity index is 1.49. The summed E-state index contributed by atoms with van der Waals surface area (Å²) in [5.41, 5.74) is 0.549. The van der Waals surface area contributed by atoms with Crippen LogP contribution >= 0.6 is 22.9 Å². The summed E-state index contributed by atoms with van der Waals surface area (Å²) in [5, 5.41) is 2.97. The molecular formula is C16H20ClNO2S. The van der Waals surface area contributed by atoms with E-state index in [0.29, 0.717) is 18.4 Å². The maximum atomic E-state index is 12.7. The molecule has 4 saturated carbocycles. The summed E-state index contributed by atoms with van der Waals surface area (Å²) in [5.74, 6) is 1.21. The lowest BCUT2D eigenvalue weighted by atomic mass is 9.49. The van der Waals surface area contributed by atoms with E-state index in [-0.39, 0.29) is 16.3 Å². The SMILES string of the molecule is Cc1nc(COC(=O)C23C[C@@H]4C[C@@H](CC(Cl)(C4)C2)C3)cs1. The van der Waals surface area contributed by atoms with Crippen molar-refractivity contribution in [3.8, 4) is 0 Å². The molecule has 2 unspecified atom stereocenters. The first-order valence-electron chi connectivity index (χ1n) is 7.74. The van der Waals surface area contributed by atoms with E-state index in [0.717, 1.165) is 42.8 Å². The van der Waals surface area contributed by atoms with Gasteiger partial charge in [-0.25, -0.2) is 4.98 Å². The molecule has 0 radical (unpaired) electrons. The number of carbonyl (C=O) groups excluding carboxylic acids is 1. The summed E-state index contributed by atoms with van der Waals surface area (Å²) in [7, 11) is 0. The first-order valence-corrected chi connectivity index (χ1v) is 8.99. The van der Waals surface area contributed by atoms with E-state index < -0.39 is 0 Å². The number of halogens is 1. The smallest absolute Gasteiger partial charge is 0.312 e. The Morgan fingerprint density at radius 2 is 2.14 bits per heavy atom. The van der Waals surface area contributed by atoms with Gasteiger partial charge in [-0.3, -0.25) is 4.79 Å². The molecule has 4 atom stereocenters. The molecular weight excluding hydrogens is 306 g/mol. The number of thiazole rings is 1. The van der Waals surface area contributed by atoms with E-state index in [4.69, 9.17) is 16.3 Å². The highest BCUT2D eigenvalue weighted by Crippen LogP contribution is 2.64. The second-order valence-corrected chi connectivity index (χ2v) is 9.19. The Labute approximate surface area is 134 Å². The van der Waals surface area contributed by atoms with E-state index in [1.807, 2.05) is 12.3 Å². The molecule has 0 aliphatic heterocycles. The number of ether oxygens (including phenoxy) is 1. The van der Waals surface area contributed by atoms with E-state index >= 15 is 0 Å². The third-order valence-corrected chi connectivity index (χ3v) is 6.70. The van der Waals surface area contributed by atoms with Crippen molar-refractivity contribution >= 4 is 28.9 Å². The summed E-state index contributed by atoms with van der Waals surface area (Å²) in [4.78, 5) is 16.9. The number of aromatic nitrogens is 1. The summed E-state index contributed by atoms with van der Waals surface area (Å²) < 4.78 is 5.62. The van der Waals surface area contributed by atoms with E-state index in [2.05, 4.69) is 4.98 Å². The van der Waals surface area contributed by atoms with Crippen LogP contribution in [0.2, 0.25) is 0 Å². The van der Waals surface area contributed by atoms with Crippen molar-refractivity contribution in [1.82, 2.24) is 4.98 Å². The van der Waals surface area contributed by atoms with Crippen LogP contribution in [0.5, 0.6) is 0 Å². The normalized spacial score (nSPS) is 40.5. The van der Waals surface area contributed by atoms with Crippen LogP contribution in [-0.2, 0) is 16.1 Å². The Kier molecular flexibility index (Phi) is 3.13. The van der Waals surface area contributed by atoms with Gasteiger partial charge in [0, 0.05) is 10.3 Å². The zero-order valence-electron chi connectivity index (χ0n) is 12.2. The van der Waals surface area contributed by atoms with Gasteiger partial charge in [0.05, 0.1) is 16.1 Å². The van der Waals surface area contributed by atoms with Crippen molar-refractivity contribution in [1.29, 1.82) is 0 Å². The van der Waals surface area contributed by atoms with Crippen molar-refractivity contribution < 1.29 is 9.53 Å². The molecule has 4 aliphatic carbocycles. The van der Waals surface area contributed by atoms with Crippen LogP contribution in [0.25, 0.3) is 0 Å². The predicted octanol–water partition coefficient (Wildman–Crippen LogP) is 4.07. The first kappa shape index (κ1) is 14.0. The molecule has 5 heteroatoms. The first-order chi connectivity index (χ1) is 9.96. The van der Waals surface area contributed by atoms with E-state index in [1.54, 1.807) is 11.3 Å². The topological polar surface area (TPSA) is 39.2 Å². The number of hydrogen-bond donors (Lipinski definition) is 0. The van der Waals surface area contributed by atoms with Crippen molar-refractivity contribution in [2.45, 2.75) is 56.9 Å². The average molecular weight is 326 g/mol. The van der Waals surface area contributed by atoms with Crippen LogP contribution in [0.15, 0.2) is 5.38 Å². The zero-order chi connectivity index (χ0) is 14.7. The van der Waals surface area contributed by atoms with Crippen molar-refractivity contribution in [3.63, 3.8) is 0 Å². The molecule has 3 nitrogen and oxygen atoms in total. The van der Waals surface area contributed by atoms with Crippen molar-refractivity contribution in [2.75, 3.05) is 0 Å². The molecule has 0 aromatic carbocycles. The van der Waals surface area contributed by atoms with Gasteiger partial charge in [0.2, 0.25) is 0 Å². The van der Waals surface area contributed by atoms with Gasteiger partial charge in [0.1, 0.15) is 6.61 Å². The zero-order valence-corrected chi connectivity index (χ0v) is 13.8. The van der Waals surface area contributed by atoms with Gasteiger partial charge in [0.15, 0.2) is 0 Å². The quantitative estimate of drug-likeness (QED) is 0.621. The number of rotatable bonds is 3. The minimum Gasteiger partial charge on any atom is -0.459 e. The van der Waals surface area contributed by atoms with Gasteiger partial charge in [-0.2, -0.15) is 0 Å². The molecule has 4 fully saturated rings. The number of alkyl halides is 1. The van der Waals surface area contributed by atoms with E-state index in [9.17, 15) is 4.79 Å². The van der Waals surface area contributed by atoms with Crippen LogP contribution in [0.1, 0.15) is 49.2 Å². The molecule has 0 spiro atoms. The van der Waals surface area contributed by atoms with Crippen LogP contribution in [0, 0.1) is 24.2 Å². The Bertz CT molecular complexity index is 571. The fraction of sp³-hybridized carbons (Fsp3) is 0.750. The molecule has 5 rings (SSSR count). The van der Waals surface area contributed by atoms with Gasteiger partial charge < -0.3 is 4.74 Å². The molecule has 0 saturated heterocycles. The number of carbonyl (C=O) groups is 1. The highest BCUT2D eigenvalue weighted by molar-refractivity contribution is 7.09. The Morgan fingerprint density at radius 1 is 1.43 bits per heavy atom. The van der Waals surface area contributed by atoms with Crippen molar-refractivity contribution in [3.05, 3.63) is 16.1 Å². The van der Waals surface area contributed by atoms with Gasteiger partial charge >= 0.3 is 5.97 Å². The molecule has 0 N–H and O–H groups in total. The minimum atomic E-state index is -0.309. The number of nitrogens with zero attached hydrogens (tertiary/aromatic N) is 1.